The summed E-state index contributed by atoms with van der Waals surface area (Å²) in [6, 6.07) is 17.9. The van der Waals surface area contributed by atoms with Gasteiger partial charge in [0.15, 0.2) is 11.5 Å². The van der Waals surface area contributed by atoms with Gasteiger partial charge in [-0.05, 0) is 75.6 Å². The summed E-state index contributed by atoms with van der Waals surface area (Å²) in [7, 11) is 1.70. The normalized spacial score (nSPS) is 20.1. The number of carbonyl (C=O) groups excluding carboxylic acids is 3. The lowest BCUT2D eigenvalue weighted by Gasteiger charge is -2.35. The molecule has 5 amide bonds. The Morgan fingerprint density at radius 2 is 1.62 bits per heavy atom. The highest BCUT2D eigenvalue weighted by Gasteiger charge is 2.31. The highest BCUT2D eigenvalue weighted by atomic mass is 16.7. The summed E-state index contributed by atoms with van der Waals surface area (Å²) in [4.78, 5) is 43.6. The van der Waals surface area contributed by atoms with E-state index in [1.54, 1.807) is 72.3 Å². The second kappa shape index (κ2) is 17.1. The third-order valence-corrected chi connectivity index (χ3v) is 8.77. The van der Waals surface area contributed by atoms with E-state index in [1.165, 1.54) is 0 Å². The number of anilines is 3. The molecule has 4 atom stereocenters. The van der Waals surface area contributed by atoms with Crippen molar-refractivity contribution in [2.24, 2.45) is 5.92 Å². The SMILES string of the molecule is C[C@@H]1CCCCO[C@H](CN(C)C(=O)Nc2ccc3c(c2)OCO3)[C@H](C)CN([C@H](C)CO)C(=O)c2cc(NC(=O)Nc3ccccc3)ccc2O1. The fourth-order valence-corrected chi connectivity index (χ4v) is 5.82. The van der Waals surface area contributed by atoms with Crippen molar-refractivity contribution < 1.29 is 38.4 Å². The molecular formula is C37H47N5O8. The molecule has 0 saturated heterocycles. The number of likely N-dealkylation sites (N-methyl/N-ethyl adjacent to an activating group) is 1. The maximum Gasteiger partial charge on any atom is 0.323 e. The fourth-order valence-electron chi connectivity index (χ4n) is 5.82. The first-order valence-corrected chi connectivity index (χ1v) is 17.0. The number of para-hydroxylation sites is 1. The lowest BCUT2D eigenvalue weighted by atomic mass is 10.0. The Morgan fingerprint density at radius 3 is 2.38 bits per heavy atom. The molecule has 0 radical (unpaired) electrons. The molecule has 0 fully saturated rings. The molecule has 5 rings (SSSR count). The summed E-state index contributed by atoms with van der Waals surface area (Å²) in [5, 5.41) is 18.7. The van der Waals surface area contributed by atoms with E-state index in [4.69, 9.17) is 18.9 Å². The average Bonchev–Trinajstić information content (AvgIpc) is 3.58. The van der Waals surface area contributed by atoms with Gasteiger partial charge in [-0.1, -0.05) is 25.1 Å². The highest BCUT2D eigenvalue weighted by molar-refractivity contribution is 6.02. The molecule has 0 aromatic heterocycles. The van der Waals surface area contributed by atoms with Crippen LogP contribution in [-0.4, -0.2) is 91.3 Å². The number of hydrogen-bond acceptors (Lipinski definition) is 8. The predicted molar refractivity (Wildman–Crippen MR) is 190 cm³/mol. The van der Waals surface area contributed by atoms with Crippen LogP contribution >= 0.6 is 0 Å². The first-order chi connectivity index (χ1) is 24.1. The minimum absolute atomic E-state index is 0.138. The number of nitrogens with zero attached hydrogens (tertiary/aromatic N) is 2. The number of urea groups is 2. The topological polar surface area (TPSA) is 151 Å². The molecule has 2 aliphatic heterocycles. The van der Waals surface area contributed by atoms with Gasteiger partial charge in [0.2, 0.25) is 6.79 Å². The van der Waals surface area contributed by atoms with Gasteiger partial charge < -0.3 is 49.8 Å². The third kappa shape index (κ3) is 9.57. The number of ether oxygens (including phenoxy) is 4. The Balaban J connectivity index is 1.35. The number of nitrogens with one attached hydrogen (secondary N) is 3. The van der Waals surface area contributed by atoms with E-state index in [1.807, 2.05) is 32.0 Å². The standard InChI is InChI=1S/C37H47N5O8/c1-24-20-42(25(2)22-43)35(44)30-18-28(39-36(45)38-27-11-6-5-7-12-27)13-15-31(30)50-26(3)10-8-9-17-47-34(24)21-41(4)37(46)40-29-14-16-32-33(19-29)49-23-48-32/h5-7,11-16,18-19,24-26,34,43H,8-10,17,20-23H2,1-4H3,(H,40,46)(H2,38,39,45)/t24-,25-,26-,34-/m1/s1. The van der Waals surface area contributed by atoms with Crippen LogP contribution in [0.25, 0.3) is 0 Å². The van der Waals surface area contributed by atoms with Gasteiger partial charge in [0.05, 0.1) is 30.4 Å². The summed E-state index contributed by atoms with van der Waals surface area (Å²) >= 11 is 0. The van der Waals surface area contributed by atoms with E-state index < -0.39 is 18.2 Å². The van der Waals surface area contributed by atoms with Crippen molar-refractivity contribution in [2.75, 3.05) is 56.1 Å². The zero-order valence-corrected chi connectivity index (χ0v) is 29.0. The number of amides is 5. The Kier molecular flexibility index (Phi) is 12.4. The van der Waals surface area contributed by atoms with Crippen molar-refractivity contribution in [3.8, 4) is 17.2 Å². The van der Waals surface area contributed by atoms with Gasteiger partial charge in [-0.2, -0.15) is 0 Å². The van der Waals surface area contributed by atoms with Crippen LogP contribution < -0.4 is 30.2 Å². The number of benzene rings is 3. The average molecular weight is 690 g/mol. The van der Waals surface area contributed by atoms with E-state index >= 15 is 0 Å². The number of aliphatic hydroxyl groups is 1. The Labute approximate surface area is 292 Å². The number of rotatable bonds is 7. The van der Waals surface area contributed by atoms with Gasteiger partial charge in [-0.3, -0.25) is 4.79 Å². The maximum atomic E-state index is 14.4. The molecule has 13 nitrogen and oxygen atoms in total. The van der Waals surface area contributed by atoms with E-state index in [-0.39, 0.29) is 56.0 Å². The van der Waals surface area contributed by atoms with Crippen LogP contribution in [0.4, 0.5) is 26.7 Å². The molecule has 3 aromatic rings. The molecule has 4 N–H and O–H groups in total. The molecule has 0 bridgehead atoms. The zero-order chi connectivity index (χ0) is 35.6. The third-order valence-electron chi connectivity index (χ3n) is 8.77. The molecule has 13 heteroatoms. The Hall–Kier alpha value is -5.01. The zero-order valence-electron chi connectivity index (χ0n) is 29.0. The van der Waals surface area contributed by atoms with Crippen LogP contribution in [0.15, 0.2) is 66.7 Å². The highest BCUT2D eigenvalue weighted by Crippen LogP contribution is 2.34. The smallest absolute Gasteiger partial charge is 0.323 e. The van der Waals surface area contributed by atoms with Crippen LogP contribution in [0.5, 0.6) is 17.2 Å². The van der Waals surface area contributed by atoms with Crippen molar-refractivity contribution in [1.82, 2.24) is 9.80 Å². The van der Waals surface area contributed by atoms with Gasteiger partial charge in [0.1, 0.15) is 5.75 Å². The maximum absolute atomic E-state index is 14.4. The lowest BCUT2D eigenvalue weighted by Crippen LogP contribution is -2.48. The summed E-state index contributed by atoms with van der Waals surface area (Å²) in [5.74, 6) is 0.981. The second-order valence-corrected chi connectivity index (χ2v) is 12.8. The van der Waals surface area contributed by atoms with Gasteiger partial charge in [-0.15, -0.1) is 0 Å². The minimum Gasteiger partial charge on any atom is -0.490 e. The van der Waals surface area contributed by atoms with Gasteiger partial charge >= 0.3 is 12.1 Å². The summed E-state index contributed by atoms with van der Waals surface area (Å²) in [6.45, 7) is 6.51. The molecule has 268 valence electrons. The molecule has 0 unspecified atom stereocenters. The number of fused-ring (bicyclic) bond motifs is 2. The number of carbonyl (C=O) groups is 3. The molecular weight excluding hydrogens is 642 g/mol. The van der Waals surface area contributed by atoms with Crippen molar-refractivity contribution in [1.29, 1.82) is 0 Å². The van der Waals surface area contributed by atoms with E-state index in [0.717, 1.165) is 19.3 Å². The van der Waals surface area contributed by atoms with E-state index in [2.05, 4.69) is 16.0 Å². The molecule has 50 heavy (non-hydrogen) atoms. The van der Waals surface area contributed by atoms with Crippen molar-refractivity contribution >= 4 is 35.0 Å². The minimum atomic E-state index is -0.547. The first kappa shape index (κ1) is 36.3. The monoisotopic (exact) mass is 689 g/mol. The molecule has 0 aliphatic carbocycles. The van der Waals surface area contributed by atoms with Crippen LogP contribution in [-0.2, 0) is 4.74 Å². The fraction of sp³-hybridized carbons (Fsp3) is 0.432. The lowest BCUT2D eigenvalue weighted by molar-refractivity contribution is -0.0115. The predicted octanol–water partition coefficient (Wildman–Crippen LogP) is 6.02. The van der Waals surface area contributed by atoms with E-state index in [0.29, 0.717) is 40.9 Å². The molecule has 0 saturated carbocycles. The number of aliphatic hydroxyl groups excluding tert-OH is 1. The molecule has 2 aliphatic rings. The number of hydrogen-bond donors (Lipinski definition) is 4. The van der Waals surface area contributed by atoms with Crippen molar-refractivity contribution in [3.63, 3.8) is 0 Å². The van der Waals surface area contributed by atoms with Crippen LogP contribution in [0.2, 0.25) is 0 Å². The molecule has 0 spiro atoms. The quantitative estimate of drug-likeness (QED) is 0.235. The summed E-state index contributed by atoms with van der Waals surface area (Å²) in [5.41, 5.74) is 1.86. The Morgan fingerprint density at radius 1 is 0.920 bits per heavy atom. The summed E-state index contributed by atoms with van der Waals surface area (Å²) in [6.07, 6.45) is 1.72. The largest absolute Gasteiger partial charge is 0.490 e. The van der Waals surface area contributed by atoms with Crippen LogP contribution in [0, 0.1) is 5.92 Å². The summed E-state index contributed by atoms with van der Waals surface area (Å²) < 4.78 is 23.5. The second-order valence-electron chi connectivity index (χ2n) is 12.8. The van der Waals surface area contributed by atoms with Crippen LogP contribution in [0.1, 0.15) is 50.4 Å². The Bertz CT molecular complexity index is 1620. The first-order valence-electron chi connectivity index (χ1n) is 17.0. The van der Waals surface area contributed by atoms with Gasteiger partial charge in [-0.25, -0.2) is 9.59 Å². The van der Waals surface area contributed by atoms with Crippen molar-refractivity contribution in [2.45, 2.75) is 58.3 Å². The van der Waals surface area contributed by atoms with Gasteiger partial charge in [0, 0.05) is 55.8 Å². The van der Waals surface area contributed by atoms with Crippen LogP contribution in [0.3, 0.4) is 0 Å². The molecule has 2 heterocycles. The van der Waals surface area contributed by atoms with Gasteiger partial charge in [0.25, 0.3) is 5.91 Å². The molecule has 3 aromatic carbocycles. The van der Waals surface area contributed by atoms with E-state index in [9.17, 15) is 19.5 Å². The van der Waals surface area contributed by atoms with Crippen molar-refractivity contribution in [3.05, 3.63) is 72.3 Å².